The summed E-state index contributed by atoms with van der Waals surface area (Å²) in [6.07, 6.45) is 4.24. The number of hydrogen-bond acceptors (Lipinski definition) is 4. The third-order valence-electron chi connectivity index (χ3n) is 4.09. The maximum atomic E-state index is 12.2. The molecule has 0 bridgehead atoms. The lowest BCUT2D eigenvalue weighted by Crippen LogP contribution is -2.42. The Morgan fingerprint density at radius 3 is 2.75 bits per heavy atom. The molecular formula is C17H21F2NO4. The van der Waals surface area contributed by atoms with Crippen LogP contribution >= 0.6 is 0 Å². The quantitative estimate of drug-likeness (QED) is 0.808. The summed E-state index contributed by atoms with van der Waals surface area (Å²) in [5, 5.41) is 2.87. The van der Waals surface area contributed by atoms with Gasteiger partial charge in [-0.1, -0.05) is 25.8 Å². The molecule has 0 unspecified atom stereocenters. The van der Waals surface area contributed by atoms with Gasteiger partial charge in [0.25, 0.3) is 5.91 Å². The maximum absolute atomic E-state index is 12.2. The number of rotatable bonds is 6. The van der Waals surface area contributed by atoms with Crippen molar-refractivity contribution in [1.29, 1.82) is 0 Å². The number of ether oxygens (including phenoxy) is 2. The van der Waals surface area contributed by atoms with Crippen LogP contribution in [0, 0.1) is 5.92 Å². The highest BCUT2D eigenvalue weighted by molar-refractivity contribution is 5.91. The second kappa shape index (κ2) is 8.61. The molecule has 0 radical (unpaired) electrons. The van der Waals surface area contributed by atoms with Crippen LogP contribution < -0.4 is 10.1 Å². The normalized spacial score (nSPS) is 20.5. The Hall–Kier alpha value is -2.18. The van der Waals surface area contributed by atoms with Gasteiger partial charge in [-0.15, -0.1) is 0 Å². The first-order valence-electron chi connectivity index (χ1n) is 7.97. The highest BCUT2D eigenvalue weighted by atomic mass is 19.3. The van der Waals surface area contributed by atoms with Gasteiger partial charge in [-0.25, -0.2) is 4.79 Å². The van der Waals surface area contributed by atoms with E-state index < -0.39 is 19.2 Å². The molecule has 1 fully saturated rings. The summed E-state index contributed by atoms with van der Waals surface area (Å²) in [6.45, 7) is -1.29. The number of benzene rings is 1. The zero-order valence-corrected chi connectivity index (χ0v) is 13.5. The number of nitrogens with one attached hydrogen (secondary N) is 1. The van der Waals surface area contributed by atoms with Crippen molar-refractivity contribution in [2.45, 2.75) is 45.3 Å². The van der Waals surface area contributed by atoms with Gasteiger partial charge in [-0.3, -0.25) is 4.79 Å². The SMILES string of the molecule is C[C@H]1CCCC[C@@H]1NC(=O)COC(=O)c1cccc(OC(F)F)c1. The Morgan fingerprint density at radius 1 is 1.29 bits per heavy atom. The molecular weight excluding hydrogens is 320 g/mol. The molecule has 132 valence electrons. The van der Waals surface area contributed by atoms with Crippen LogP contribution in [0.4, 0.5) is 8.78 Å². The molecule has 2 atom stereocenters. The Morgan fingerprint density at radius 2 is 2.04 bits per heavy atom. The second-order valence-electron chi connectivity index (χ2n) is 5.92. The topological polar surface area (TPSA) is 64.6 Å². The summed E-state index contributed by atoms with van der Waals surface area (Å²) < 4.78 is 33.5. The van der Waals surface area contributed by atoms with E-state index in [1.54, 1.807) is 0 Å². The molecule has 0 heterocycles. The molecule has 0 aromatic heterocycles. The van der Waals surface area contributed by atoms with E-state index in [0.29, 0.717) is 5.92 Å². The number of amides is 1. The van der Waals surface area contributed by atoms with Gasteiger partial charge < -0.3 is 14.8 Å². The number of alkyl halides is 2. The lowest BCUT2D eigenvalue weighted by atomic mass is 9.86. The Kier molecular flexibility index (Phi) is 6.52. The van der Waals surface area contributed by atoms with Crippen LogP contribution in [0.3, 0.4) is 0 Å². The standard InChI is InChI=1S/C17H21F2NO4/c1-11-5-2-3-8-14(11)20-15(21)10-23-16(22)12-6-4-7-13(9-12)24-17(18)19/h4,6-7,9,11,14,17H,2-3,5,8,10H2,1H3,(H,20,21)/t11-,14-/m0/s1. The summed E-state index contributed by atoms with van der Waals surface area (Å²) in [5.74, 6) is -0.856. The predicted molar refractivity (Wildman–Crippen MR) is 82.9 cm³/mol. The first-order chi connectivity index (χ1) is 11.5. The fraction of sp³-hybridized carbons (Fsp3) is 0.529. The van der Waals surface area contributed by atoms with Gasteiger partial charge in [0.05, 0.1) is 5.56 Å². The highest BCUT2D eigenvalue weighted by Crippen LogP contribution is 2.23. The molecule has 1 aromatic rings. The summed E-state index contributed by atoms with van der Waals surface area (Å²) in [4.78, 5) is 23.8. The second-order valence-corrected chi connectivity index (χ2v) is 5.92. The molecule has 5 nitrogen and oxygen atoms in total. The fourth-order valence-corrected chi connectivity index (χ4v) is 2.79. The van der Waals surface area contributed by atoms with E-state index in [1.807, 2.05) is 0 Å². The average molecular weight is 341 g/mol. The van der Waals surface area contributed by atoms with E-state index in [2.05, 4.69) is 17.0 Å². The molecule has 1 saturated carbocycles. The van der Waals surface area contributed by atoms with E-state index in [1.165, 1.54) is 24.6 Å². The maximum Gasteiger partial charge on any atom is 0.387 e. The molecule has 0 aliphatic heterocycles. The summed E-state index contributed by atoms with van der Waals surface area (Å²) >= 11 is 0. The van der Waals surface area contributed by atoms with E-state index in [4.69, 9.17) is 4.74 Å². The van der Waals surface area contributed by atoms with Crippen LogP contribution in [0.25, 0.3) is 0 Å². The molecule has 24 heavy (non-hydrogen) atoms. The van der Waals surface area contributed by atoms with E-state index in [-0.39, 0.29) is 23.3 Å². The van der Waals surface area contributed by atoms with E-state index >= 15 is 0 Å². The van der Waals surface area contributed by atoms with Gasteiger partial charge in [0, 0.05) is 6.04 Å². The first kappa shape index (κ1) is 18.2. The zero-order chi connectivity index (χ0) is 17.5. The third-order valence-corrected chi connectivity index (χ3v) is 4.09. The van der Waals surface area contributed by atoms with Crippen LogP contribution in [-0.4, -0.2) is 31.1 Å². The monoisotopic (exact) mass is 341 g/mol. The lowest BCUT2D eigenvalue weighted by Gasteiger charge is -2.29. The van der Waals surface area contributed by atoms with Crippen molar-refractivity contribution in [3.8, 4) is 5.75 Å². The molecule has 1 aliphatic rings. The van der Waals surface area contributed by atoms with Crippen LogP contribution in [0.15, 0.2) is 24.3 Å². The van der Waals surface area contributed by atoms with Crippen molar-refractivity contribution >= 4 is 11.9 Å². The lowest BCUT2D eigenvalue weighted by molar-refractivity contribution is -0.125. The van der Waals surface area contributed by atoms with Crippen molar-refractivity contribution in [1.82, 2.24) is 5.32 Å². The molecule has 1 amide bonds. The number of esters is 1. The van der Waals surface area contributed by atoms with E-state index in [9.17, 15) is 18.4 Å². The van der Waals surface area contributed by atoms with Crippen molar-refractivity contribution in [2.75, 3.05) is 6.61 Å². The summed E-state index contributed by atoms with van der Waals surface area (Å²) in [5.41, 5.74) is 0.0481. The van der Waals surface area contributed by atoms with Gasteiger partial charge >= 0.3 is 12.6 Å². The molecule has 0 spiro atoms. The highest BCUT2D eigenvalue weighted by Gasteiger charge is 2.23. The van der Waals surface area contributed by atoms with Crippen LogP contribution in [0.2, 0.25) is 0 Å². The minimum atomic E-state index is -2.97. The number of halogens is 2. The Balaban J connectivity index is 1.82. The summed E-state index contributed by atoms with van der Waals surface area (Å²) in [6, 6.07) is 5.36. The average Bonchev–Trinajstić information content (AvgIpc) is 2.54. The fourth-order valence-electron chi connectivity index (χ4n) is 2.79. The number of carbonyl (C=O) groups excluding carboxylic acids is 2. The minimum absolute atomic E-state index is 0.0481. The van der Waals surface area contributed by atoms with Gasteiger partial charge in [0.1, 0.15) is 5.75 Å². The van der Waals surface area contributed by atoms with Crippen molar-refractivity contribution in [2.24, 2.45) is 5.92 Å². The molecule has 0 saturated heterocycles. The Labute approximate surface area is 139 Å². The number of carbonyl (C=O) groups is 2. The zero-order valence-electron chi connectivity index (χ0n) is 13.5. The Bertz CT molecular complexity index is 579. The van der Waals surface area contributed by atoms with Gasteiger partial charge in [-0.2, -0.15) is 8.78 Å². The summed E-state index contributed by atoms with van der Waals surface area (Å²) in [7, 11) is 0. The third kappa shape index (κ3) is 5.47. The van der Waals surface area contributed by atoms with Crippen molar-refractivity contribution in [3.63, 3.8) is 0 Å². The van der Waals surface area contributed by atoms with Crippen LogP contribution in [0.5, 0.6) is 5.75 Å². The molecule has 2 rings (SSSR count). The van der Waals surface area contributed by atoms with E-state index in [0.717, 1.165) is 25.3 Å². The minimum Gasteiger partial charge on any atom is -0.452 e. The smallest absolute Gasteiger partial charge is 0.387 e. The van der Waals surface area contributed by atoms with Gasteiger partial charge in [-0.05, 0) is 37.0 Å². The van der Waals surface area contributed by atoms with Crippen LogP contribution in [-0.2, 0) is 9.53 Å². The van der Waals surface area contributed by atoms with Gasteiger partial charge in [0.2, 0.25) is 0 Å². The van der Waals surface area contributed by atoms with Gasteiger partial charge in [0.15, 0.2) is 6.61 Å². The first-order valence-corrected chi connectivity index (χ1v) is 7.97. The molecule has 1 aliphatic carbocycles. The predicted octanol–water partition coefficient (Wildman–Crippen LogP) is 3.14. The van der Waals surface area contributed by atoms with Crippen molar-refractivity contribution in [3.05, 3.63) is 29.8 Å². The molecule has 1 N–H and O–H groups in total. The largest absolute Gasteiger partial charge is 0.452 e. The molecule has 7 heteroatoms. The molecule has 1 aromatic carbocycles. The number of hydrogen-bond donors (Lipinski definition) is 1. The van der Waals surface area contributed by atoms with Crippen molar-refractivity contribution < 1.29 is 27.8 Å². The van der Waals surface area contributed by atoms with Crippen LogP contribution in [0.1, 0.15) is 43.0 Å².